The van der Waals surface area contributed by atoms with Crippen LogP contribution in [0.5, 0.6) is 0 Å². The fraction of sp³-hybridized carbons (Fsp3) is 0.600. The lowest BCUT2D eigenvalue weighted by Crippen LogP contribution is -2.16. The highest BCUT2D eigenvalue weighted by Crippen LogP contribution is 2.33. The summed E-state index contributed by atoms with van der Waals surface area (Å²) in [4.78, 5) is 11.0. The molecule has 0 saturated heterocycles. The average Bonchev–Trinajstić information content (AvgIpc) is 2.67. The first kappa shape index (κ1) is 9.24. The predicted molar refractivity (Wildman–Crippen MR) is 50.8 cm³/mol. The molecule has 1 fully saturated rings. The van der Waals surface area contributed by atoms with Gasteiger partial charge in [-0.15, -0.1) is 0 Å². The summed E-state index contributed by atoms with van der Waals surface area (Å²) >= 11 is 0. The van der Waals surface area contributed by atoms with E-state index in [0.29, 0.717) is 11.6 Å². The molecule has 1 aliphatic rings. The van der Waals surface area contributed by atoms with Gasteiger partial charge in [0.2, 0.25) is 0 Å². The minimum absolute atomic E-state index is 0.317. The molecule has 0 aliphatic heterocycles. The van der Waals surface area contributed by atoms with Gasteiger partial charge in [-0.05, 0) is 18.8 Å². The van der Waals surface area contributed by atoms with E-state index in [1.807, 2.05) is 0 Å². The van der Waals surface area contributed by atoms with Crippen molar-refractivity contribution in [2.24, 2.45) is 5.73 Å². The van der Waals surface area contributed by atoms with Crippen molar-refractivity contribution in [1.82, 2.24) is 5.16 Å². The molecule has 0 spiro atoms. The lowest BCUT2D eigenvalue weighted by atomic mass is 9.84. The zero-order chi connectivity index (χ0) is 9.97. The maximum atomic E-state index is 11.0. The zero-order valence-electron chi connectivity index (χ0n) is 8.03. The summed E-state index contributed by atoms with van der Waals surface area (Å²) in [7, 11) is 0. The van der Waals surface area contributed by atoms with Crippen LogP contribution in [-0.4, -0.2) is 11.1 Å². The third kappa shape index (κ3) is 1.64. The highest BCUT2D eigenvalue weighted by Gasteiger charge is 2.23. The van der Waals surface area contributed by atoms with Crippen LogP contribution in [0, 0.1) is 0 Å². The van der Waals surface area contributed by atoms with Crippen molar-refractivity contribution in [2.75, 3.05) is 0 Å². The minimum Gasteiger partial charge on any atom is -0.364 e. The molecule has 1 aromatic rings. The molecule has 2 rings (SSSR count). The van der Waals surface area contributed by atoms with Crippen LogP contribution in [0.3, 0.4) is 0 Å². The normalized spacial score (nSPS) is 18.3. The first-order chi connectivity index (χ1) is 6.79. The second-order valence-corrected chi connectivity index (χ2v) is 3.82. The molecule has 0 radical (unpaired) electrons. The number of carbonyl (C=O) groups is 1. The zero-order valence-corrected chi connectivity index (χ0v) is 8.03. The van der Waals surface area contributed by atoms with Gasteiger partial charge in [0.25, 0.3) is 5.91 Å². The number of aromatic nitrogens is 1. The number of hydrogen-bond donors (Lipinski definition) is 1. The third-order valence-electron chi connectivity index (χ3n) is 2.88. The first-order valence-corrected chi connectivity index (χ1v) is 5.03. The van der Waals surface area contributed by atoms with Crippen LogP contribution in [-0.2, 0) is 0 Å². The maximum Gasteiger partial charge on any atom is 0.271 e. The summed E-state index contributed by atoms with van der Waals surface area (Å²) in [5, 5.41) is 3.64. The van der Waals surface area contributed by atoms with Crippen molar-refractivity contribution in [3.63, 3.8) is 0 Å². The average molecular weight is 194 g/mol. The SMILES string of the molecule is NC(=O)c1nocc1C1CCCCC1. The van der Waals surface area contributed by atoms with Gasteiger partial charge in [-0.2, -0.15) is 0 Å². The van der Waals surface area contributed by atoms with Gasteiger partial charge in [0.05, 0.1) is 0 Å². The molecular formula is C10H14N2O2. The van der Waals surface area contributed by atoms with Gasteiger partial charge < -0.3 is 10.3 Å². The highest BCUT2D eigenvalue weighted by atomic mass is 16.5. The molecule has 4 nitrogen and oxygen atoms in total. The fourth-order valence-electron chi connectivity index (χ4n) is 2.13. The Kier molecular flexibility index (Phi) is 2.52. The van der Waals surface area contributed by atoms with Crippen LogP contribution < -0.4 is 5.73 Å². The molecule has 0 atom stereocenters. The molecule has 4 heteroatoms. The molecule has 1 heterocycles. The molecule has 14 heavy (non-hydrogen) atoms. The van der Waals surface area contributed by atoms with Gasteiger partial charge in [0.1, 0.15) is 6.26 Å². The van der Waals surface area contributed by atoms with Crippen LogP contribution >= 0.6 is 0 Å². The Morgan fingerprint density at radius 3 is 2.79 bits per heavy atom. The van der Waals surface area contributed by atoms with Crippen LogP contribution in [0.2, 0.25) is 0 Å². The number of carbonyl (C=O) groups excluding carboxylic acids is 1. The number of amides is 1. The predicted octanol–water partition coefficient (Wildman–Crippen LogP) is 1.82. The molecule has 76 valence electrons. The second kappa shape index (κ2) is 3.82. The number of hydrogen-bond acceptors (Lipinski definition) is 3. The van der Waals surface area contributed by atoms with Crippen molar-refractivity contribution in [2.45, 2.75) is 38.0 Å². The van der Waals surface area contributed by atoms with Crippen molar-refractivity contribution in [3.8, 4) is 0 Å². The Morgan fingerprint density at radius 1 is 1.43 bits per heavy atom. The monoisotopic (exact) mass is 194 g/mol. The molecule has 0 bridgehead atoms. The van der Waals surface area contributed by atoms with Crippen molar-refractivity contribution in [1.29, 1.82) is 0 Å². The van der Waals surface area contributed by atoms with E-state index < -0.39 is 5.91 Å². The standard InChI is InChI=1S/C10H14N2O2/c11-10(13)9-8(6-14-12-9)7-4-2-1-3-5-7/h6-7H,1-5H2,(H2,11,13). The van der Waals surface area contributed by atoms with Crippen molar-refractivity contribution in [3.05, 3.63) is 17.5 Å². The topological polar surface area (TPSA) is 69.1 Å². The largest absolute Gasteiger partial charge is 0.364 e. The Morgan fingerprint density at radius 2 is 2.14 bits per heavy atom. The summed E-state index contributed by atoms with van der Waals surface area (Å²) in [5.41, 5.74) is 6.42. The van der Waals surface area contributed by atoms with Crippen LogP contribution in [0.15, 0.2) is 10.8 Å². The van der Waals surface area contributed by atoms with E-state index in [0.717, 1.165) is 18.4 Å². The van der Waals surface area contributed by atoms with Gasteiger partial charge in [-0.25, -0.2) is 0 Å². The first-order valence-electron chi connectivity index (χ1n) is 5.03. The Balaban J connectivity index is 2.21. The fourth-order valence-corrected chi connectivity index (χ4v) is 2.13. The summed E-state index contributed by atoms with van der Waals surface area (Å²) in [6.45, 7) is 0. The van der Waals surface area contributed by atoms with E-state index in [1.54, 1.807) is 6.26 Å². The molecular weight excluding hydrogens is 180 g/mol. The van der Waals surface area contributed by atoms with E-state index in [-0.39, 0.29) is 0 Å². The van der Waals surface area contributed by atoms with Crippen LogP contribution in [0.4, 0.5) is 0 Å². The van der Waals surface area contributed by atoms with Gasteiger partial charge >= 0.3 is 0 Å². The summed E-state index contributed by atoms with van der Waals surface area (Å²) in [6, 6.07) is 0. The molecule has 0 aromatic carbocycles. The van der Waals surface area contributed by atoms with Gasteiger partial charge in [0, 0.05) is 5.56 Å². The third-order valence-corrected chi connectivity index (χ3v) is 2.88. The van der Waals surface area contributed by atoms with Crippen molar-refractivity contribution < 1.29 is 9.32 Å². The van der Waals surface area contributed by atoms with E-state index in [2.05, 4.69) is 5.16 Å². The molecule has 1 saturated carbocycles. The smallest absolute Gasteiger partial charge is 0.271 e. The number of nitrogens with two attached hydrogens (primary N) is 1. The molecule has 2 N–H and O–H groups in total. The van der Waals surface area contributed by atoms with Crippen LogP contribution in [0.25, 0.3) is 0 Å². The number of rotatable bonds is 2. The van der Waals surface area contributed by atoms with E-state index in [9.17, 15) is 4.79 Å². The minimum atomic E-state index is -0.487. The molecule has 1 aromatic heterocycles. The Labute approximate surface area is 82.4 Å². The summed E-state index contributed by atoms with van der Waals surface area (Å²) in [5.74, 6) is -0.0724. The summed E-state index contributed by atoms with van der Waals surface area (Å²) in [6.07, 6.45) is 7.51. The van der Waals surface area contributed by atoms with E-state index in [1.165, 1.54) is 19.3 Å². The maximum absolute atomic E-state index is 11.0. The lowest BCUT2D eigenvalue weighted by molar-refractivity contribution is 0.0990. The molecule has 1 aliphatic carbocycles. The van der Waals surface area contributed by atoms with Gasteiger partial charge in [0.15, 0.2) is 5.69 Å². The quantitative estimate of drug-likeness (QED) is 0.780. The highest BCUT2D eigenvalue weighted by molar-refractivity contribution is 5.92. The molecule has 0 unspecified atom stereocenters. The van der Waals surface area contributed by atoms with Crippen molar-refractivity contribution >= 4 is 5.91 Å². The second-order valence-electron chi connectivity index (χ2n) is 3.82. The lowest BCUT2D eigenvalue weighted by Gasteiger charge is -2.20. The summed E-state index contributed by atoms with van der Waals surface area (Å²) < 4.78 is 4.81. The van der Waals surface area contributed by atoms with E-state index >= 15 is 0 Å². The van der Waals surface area contributed by atoms with Crippen LogP contribution in [0.1, 0.15) is 54.1 Å². The van der Waals surface area contributed by atoms with Gasteiger partial charge in [-0.3, -0.25) is 4.79 Å². The number of nitrogens with zero attached hydrogens (tertiary/aromatic N) is 1. The Hall–Kier alpha value is -1.32. The number of primary amides is 1. The molecule has 1 amide bonds. The Bertz CT molecular complexity index is 327. The van der Waals surface area contributed by atoms with E-state index in [4.69, 9.17) is 10.3 Å². The van der Waals surface area contributed by atoms with Gasteiger partial charge in [-0.1, -0.05) is 24.4 Å².